The first-order valence-electron chi connectivity index (χ1n) is 8.17. The minimum absolute atomic E-state index is 0.0662. The van der Waals surface area contributed by atoms with E-state index in [9.17, 15) is 0 Å². The molecule has 4 heteroatoms. The van der Waals surface area contributed by atoms with Gasteiger partial charge >= 0.3 is 0 Å². The molecular weight excluding hydrogens is 310 g/mol. The quantitative estimate of drug-likeness (QED) is 0.932. The van der Waals surface area contributed by atoms with Crippen molar-refractivity contribution in [1.29, 1.82) is 0 Å². The Hall–Kier alpha value is -1.71. The van der Waals surface area contributed by atoms with E-state index in [0.29, 0.717) is 12.6 Å². The van der Waals surface area contributed by atoms with Crippen LogP contribution in [0.5, 0.6) is 11.5 Å². The number of hydrogen-bond donors (Lipinski definition) is 1. The average Bonchev–Trinajstić information content (AvgIpc) is 2.59. The van der Waals surface area contributed by atoms with Gasteiger partial charge in [0.05, 0.1) is 0 Å². The number of fused-ring (bicyclic) bond motifs is 2. The van der Waals surface area contributed by atoms with Gasteiger partial charge in [-0.3, -0.25) is 0 Å². The Balaban J connectivity index is 1.33. The van der Waals surface area contributed by atoms with Crippen molar-refractivity contribution < 1.29 is 9.47 Å². The van der Waals surface area contributed by atoms with Gasteiger partial charge in [0.25, 0.3) is 0 Å². The lowest BCUT2D eigenvalue weighted by Crippen LogP contribution is -2.44. The van der Waals surface area contributed by atoms with Crippen LogP contribution in [0.3, 0.4) is 0 Å². The number of hydrogen-bond acceptors (Lipinski definition) is 3. The first-order valence-corrected chi connectivity index (χ1v) is 8.55. The monoisotopic (exact) mass is 329 g/mol. The fourth-order valence-corrected chi connectivity index (χ4v) is 3.55. The summed E-state index contributed by atoms with van der Waals surface area (Å²) in [6, 6.07) is 14.6. The summed E-state index contributed by atoms with van der Waals surface area (Å²) in [6.45, 7) is 1.41. The maximum absolute atomic E-state index is 6.07. The van der Waals surface area contributed by atoms with E-state index in [1.54, 1.807) is 0 Å². The first-order chi connectivity index (χ1) is 11.3. The van der Waals surface area contributed by atoms with Gasteiger partial charge in [-0.2, -0.15) is 0 Å². The van der Waals surface area contributed by atoms with E-state index in [4.69, 9.17) is 21.1 Å². The molecule has 0 aromatic heterocycles. The molecule has 2 aromatic rings. The van der Waals surface area contributed by atoms with E-state index < -0.39 is 0 Å². The second kappa shape index (κ2) is 6.42. The van der Waals surface area contributed by atoms with E-state index in [-0.39, 0.29) is 6.10 Å². The lowest BCUT2D eigenvalue weighted by molar-refractivity contribution is 0.0877. The van der Waals surface area contributed by atoms with Gasteiger partial charge in [0.1, 0.15) is 12.7 Å². The predicted molar refractivity (Wildman–Crippen MR) is 91.6 cm³/mol. The number of halogens is 1. The third-order valence-corrected chi connectivity index (χ3v) is 4.83. The Kier molecular flexibility index (Phi) is 4.15. The molecule has 2 unspecified atom stereocenters. The van der Waals surface area contributed by atoms with Crippen molar-refractivity contribution in [3.05, 3.63) is 58.6 Å². The van der Waals surface area contributed by atoms with Gasteiger partial charge in [-0.1, -0.05) is 29.8 Å². The maximum atomic E-state index is 6.07. The minimum Gasteiger partial charge on any atom is -0.486 e. The van der Waals surface area contributed by atoms with Gasteiger partial charge in [0, 0.05) is 17.6 Å². The van der Waals surface area contributed by atoms with Crippen LogP contribution in [-0.2, 0) is 12.8 Å². The molecule has 2 aromatic carbocycles. The van der Waals surface area contributed by atoms with E-state index in [0.717, 1.165) is 42.3 Å². The zero-order chi connectivity index (χ0) is 15.6. The molecule has 0 bridgehead atoms. The van der Waals surface area contributed by atoms with Gasteiger partial charge in [-0.05, 0) is 54.7 Å². The Morgan fingerprint density at radius 1 is 1.09 bits per heavy atom. The summed E-state index contributed by atoms with van der Waals surface area (Å²) in [6.07, 6.45) is 3.34. The van der Waals surface area contributed by atoms with Crippen LogP contribution < -0.4 is 14.8 Å². The highest BCUT2D eigenvalue weighted by atomic mass is 35.5. The Labute approximate surface area is 141 Å². The average molecular weight is 330 g/mol. The van der Waals surface area contributed by atoms with Gasteiger partial charge in [0.2, 0.25) is 0 Å². The summed E-state index contributed by atoms with van der Waals surface area (Å²) in [7, 11) is 0. The molecule has 1 aliphatic heterocycles. The van der Waals surface area contributed by atoms with Crippen LogP contribution >= 0.6 is 11.6 Å². The number of rotatable bonds is 3. The van der Waals surface area contributed by atoms with Crippen molar-refractivity contribution in [2.75, 3.05) is 13.2 Å². The molecule has 0 spiro atoms. The Bertz CT molecular complexity index is 704. The standard InChI is InChI=1S/C19H20ClNO2/c20-15-7-5-14-10-16(8-6-13(14)9-15)21-11-17-12-22-18-3-1-2-4-19(18)23-17/h1-5,7,9,16-17,21H,6,8,10-12H2. The van der Waals surface area contributed by atoms with E-state index in [2.05, 4.69) is 17.4 Å². The Morgan fingerprint density at radius 3 is 2.87 bits per heavy atom. The molecule has 0 fully saturated rings. The predicted octanol–water partition coefficient (Wildman–Crippen LogP) is 3.63. The molecule has 0 saturated carbocycles. The molecule has 1 aliphatic carbocycles. The number of aryl methyl sites for hydroxylation is 1. The highest BCUT2D eigenvalue weighted by Gasteiger charge is 2.23. The van der Waals surface area contributed by atoms with Gasteiger partial charge in [0.15, 0.2) is 11.5 Å². The molecule has 1 N–H and O–H groups in total. The van der Waals surface area contributed by atoms with Crippen LogP contribution in [0.15, 0.2) is 42.5 Å². The van der Waals surface area contributed by atoms with Crippen molar-refractivity contribution in [2.45, 2.75) is 31.4 Å². The Morgan fingerprint density at radius 2 is 1.96 bits per heavy atom. The van der Waals surface area contributed by atoms with E-state index in [1.165, 1.54) is 11.1 Å². The molecule has 1 heterocycles. The third kappa shape index (κ3) is 3.31. The smallest absolute Gasteiger partial charge is 0.161 e. The summed E-state index contributed by atoms with van der Waals surface area (Å²) in [5, 5.41) is 4.47. The summed E-state index contributed by atoms with van der Waals surface area (Å²) in [5.74, 6) is 1.68. The fraction of sp³-hybridized carbons (Fsp3) is 0.368. The topological polar surface area (TPSA) is 30.5 Å². The number of ether oxygens (including phenoxy) is 2. The van der Waals surface area contributed by atoms with Crippen LogP contribution in [0.25, 0.3) is 0 Å². The zero-order valence-corrected chi connectivity index (χ0v) is 13.7. The molecule has 23 heavy (non-hydrogen) atoms. The second-order valence-electron chi connectivity index (χ2n) is 6.26. The largest absolute Gasteiger partial charge is 0.486 e. The number of benzene rings is 2. The van der Waals surface area contributed by atoms with Crippen molar-refractivity contribution in [3.8, 4) is 11.5 Å². The molecule has 0 amide bonds. The van der Waals surface area contributed by atoms with Crippen LogP contribution in [0.2, 0.25) is 5.02 Å². The summed E-state index contributed by atoms with van der Waals surface area (Å²) in [5.41, 5.74) is 2.80. The second-order valence-corrected chi connectivity index (χ2v) is 6.70. The van der Waals surface area contributed by atoms with Crippen molar-refractivity contribution in [1.82, 2.24) is 5.32 Å². The fourth-order valence-electron chi connectivity index (χ4n) is 3.36. The van der Waals surface area contributed by atoms with Crippen LogP contribution in [-0.4, -0.2) is 25.3 Å². The molecule has 3 nitrogen and oxygen atoms in total. The molecule has 0 radical (unpaired) electrons. The number of nitrogens with one attached hydrogen (secondary N) is 1. The number of para-hydroxylation sites is 2. The molecule has 120 valence electrons. The molecule has 0 saturated heterocycles. The lowest BCUT2D eigenvalue weighted by atomic mass is 9.88. The van der Waals surface area contributed by atoms with E-state index >= 15 is 0 Å². The summed E-state index contributed by atoms with van der Waals surface area (Å²) < 4.78 is 11.8. The van der Waals surface area contributed by atoms with Crippen LogP contribution in [0.4, 0.5) is 0 Å². The lowest BCUT2D eigenvalue weighted by Gasteiger charge is -2.30. The molecular formula is C19H20ClNO2. The molecule has 4 rings (SSSR count). The highest BCUT2D eigenvalue weighted by Crippen LogP contribution is 2.31. The van der Waals surface area contributed by atoms with E-state index in [1.807, 2.05) is 30.3 Å². The normalized spacial score (nSPS) is 22.5. The van der Waals surface area contributed by atoms with Gasteiger partial charge in [-0.25, -0.2) is 0 Å². The minimum atomic E-state index is 0.0662. The van der Waals surface area contributed by atoms with Crippen molar-refractivity contribution in [2.24, 2.45) is 0 Å². The van der Waals surface area contributed by atoms with Crippen LogP contribution in [0.1, 0.15) is 17.5 Å². The highest BCUT2D eigenvalue weighted by molar-refractivity contribution is 6.30. The maximum Gasteiger partial charge on any atom is 0.161 e. The van der Waals surface area contributed by atoms with Crippen molar-refractivity contribution in [3.63, 3.8) is 0 Å². The summed E-state index contributed by atoms with van der Waals surface area (Å²) >= 11 is 6.07. The van der Waals surface area contributed by atoms with Crippen molar-refractivity contribution >= 4 is 11.6 Å². The molecule has 2 aliphatic rings. The van der Waals surface area contributed by atoms with Gasteiger partial charge < -0.3 is 14.8 Å². The van der Waals surface area contributed by atoms with Crippen LogP contribution in [0, 0.1) is 0 Å². The zero-order valence-electron chi connectivity index (χ0n) is 12.9. The summed E-state index contributed by atoms with van der Waals surface area (Å²) in [4.78, 5) is 0. The first kappa shape index (κ1) is 14.9. The molecule has 2 atom stereocenters. The van der Waals surface area contributed by atoms with Gasteiger partial charge in [-0.15, -0.1) is 0 Å². The third-order valence-electron chi connectivity index (χ3n) is 4.60. The SMILES string of the molecule is Clc1ccc2c(c1)CCC(NCC1COc3ccccc3O1)C2.